The molecule has 1 aromatic carbocycles. The number of likely N-dealkylation sites (tertiary alicyclic amines) is 1. The van der Waals surface area contributed by atoms with Crippen molar-refractivity contribution in [2.45, 2.75) is 78.9 Å². The third kappa shape index (κ3) is 7.13. The van der Waals surface area contributed by atoms with Gasteiger partial charge in [0.1, 0.15) is 23.5 Å². The molecule has 0 saturated carbocycles. The quantitative estimate of drug-likeness (QED) is 0.292. The van der Waals surface area contributed by atoms with Crippen LogP contribution in [-0.2, 0) is 19.2 Å². The number of methoxy groups -OCH3 is 1. The molecule has 45 heavy (non-hydrogen) atoms. The number of nitrogens with zero attached hydrogens (tertiary/aromatic N) is 1. The summed E-state index contributed by atoms with van der Waals surface area (Å²) in [6.07, 6.45) is 1.53. The van der Waals surface area contributed by atoms with Crippen molar-refractivity contribution >= 4 is 51.9 Å². The number of alkyl halides is 1. The molecule has 246 valence electrons. The van der Waals surface area contributed by atoms with Crippen LogP contribution in [0.25, 0.3) is 10.9 Å². The lowest BCUT2D eigenvalue weighted by molar-refractivity contribution is -0.144. The Labute approximate surface area is 269 Å². The van der Waals surface area contributed by atoms with E-state index in [2.05, 4.69) is 20.9 Å². The fraction of sp³-hybridized carbons (Fsp3) is 0.606. The molecule has 2 aliphatic rings. The number of hydrogen-bond donors (Lipinski definition) is 4. The summed E-state index contributed by atoms with van der Waals surface area (Å²) in [4.78, 5) is 71.9. The smallest absolute Gasteiger partial charge is 0.268 e. The van der Waals surface area contributed by atoms with Gasteiger partial charge in [-0.2, -0.15) is 0 Å². The van der Waals surface area contributed by atoms with Crippen LogP contribution >= 0.6 is 11.6 Å². The molecular weight excluding hydrogens is 598 g/mol. The maximum Gasteiger partial charge on any atom is 0.268 e. The van der Waals surface area contributed by atoms with E-state index in [0.29, 0.717) is 18.7 Å². The maximum atomic E-state index is 14.4. The summed E-state index contributed by atoms with van der Waals surface area (Å²) in [6.45, 7) is 12.3. The third-order valence-electron chi connectivity index (χ3n) is 9.52. The van der Waals surface area contributed by atoms with E-state index in [0.717, 1.165) is 17.3 Å². The third-order valence-corrected chi connectivity index (χ3v) is 9.79. The number of aromatic amines is 1. The Morgan fingerprint density at radius 3 is 2.51 bits per heavy atom. The summed E-state index contributed by atoms with van der Waals surface area (Å²) in [7, 11) is 1.56. The highest BCUT2D eigenvalue weighted by atomic mass is 35.5. The van der Waals surface area contributed by atoms with Gasteiger partial charge in [0.15, 0.2) is 5.78 Å². The molecule has 2 aromatic rings. The second-order valence-corrected chi connectivity index (χ2v) is 14.3. The van der Waals surface area contributed by atoms with E-state index in [1.165, 1.54) is 4.90 Å². The fourth-order valence-corrected chi connectivity index (χ4v) is 6.60. The number of carbonyl (C=O) groups is 5. The van der Waals surface area contributed by atoms with Crippen LogP contribution in [0.4, 0.5) is 0 Å². The van der Waals surface area contributed by atoms with Gasteiger partial charge >= 0.3 is 0 Å². The summed E-state index contributed by atoms with van der Waals surface area (Å²) >= 11 is 5.92. The van der Waals surface area contributed by atoms with E-state index in [1.54, 1.807) is 19.2 Å². The van der Waals surface area contributed by atoms with Crippen molar-refractivity contribution in [3.63, 3.8) is 0 Å². The van der Waals surface area contributed by atoms with Crippen LogP contribution in [0.5, 0.6) is 5.75 Å². The number of hydrogen-bond acceptors (Lipinski definition) is 6. The lowest BCUT2D eigenvalue weighted by atomic mass is 9.77. The highest BCUT2D eigenvalue weighted by molar-refractivity contribution is 6.28. The molecule has 0 bridgehead atoms. The van der Waals surface area contributed by atoms with Gasteiger partial charge in [0.05, 0.1) is 19.0 Å². The number of nitrogens with one attached hydrogen (secondary N) is 4. The summed E-state index contributed by atoms with van der Waals surface area (Å²) in [5.74, 6) is -2.07. The van der Waals surface area contributed by atoms with Crippen molar-refractivity contribution in [1.29, 1.82) is 0 Å². The number of amides is 4. The second kappa shape index (κ2) is 13.4. The SMILES string of the molecule is COc1cccc2[nH]c(C(=O)N[C@H](C(=O)N3C[C@@H](C)C(C)(C)[C@H]3C(=O)NC(CC3CCCNC3=O)C(=O)CCl)C(C)(C)C)cc12. The van der Waals surface area contributed by atoms with Crippen molar-refractivity contribution in [2.75, 3.05) is 26.1 Å². The van der Waals surface area contributed by atoms with Crippen LogP contribution in [-0.4, -0.2) is 83.5 Å². The van der Waals surface area contributed by atoms with Gasteiger partial charge in [0.2, 0.25) is 17.7 Å². The van der Waals surface area contributed by atoms with E-state index in [9.17, 15) is 24.0 Å². The Morgan fingerprint density at radius 1 is 1.18 bits per heavy atom. The zero-order valence-electron chi connectivity index (χ0n) is 27.2. The molecule has 0 spiro atoms. The minimum atomic E-state index is -0.971. The van der Waals surface area contributed by atoms with Gasteiger partial charge in [-0.05, 0) is 54.2 Å². The molecule has 2 aliphatic heterocycles. The van der Waals surface area contributed by atoms with E-state index >= 15 is 0 Å². The van der Waals surface area contributed by atoms with Crippen LogP contribution in [0.15, 0.2) is 24.3 Å². The Hall–Kier alpha value is -3.60. The van der Waals surface area contributed by atoms with Gasteiger partial charge in [-0.1, -0.05) is 47.6 Å². The zero-order chi connectivity index (χ0) is 33.3. The second-order valence-electron chi connectivity index (χ2n) is 14.0. The summed E-state index contributed by atoms with van der Waals surface area (Å²) in [5, 5.41) is 9.34. The number of fused-ring (bicyclic) bond motifs is 1. The Kier molecular flexibility index (Phi) is 10.2. The van der Waals surface area contributed by atoms with E-state index in [4.69, 9.17) is 16.3 Å². The van der Waals surface area contributed by atoms with Crippen molar-refractivity contribution in [1.82, 2.24) is 25.8 Å². The molecule has 4 N–H and O–H groups in total. The van der Waals surface area contributed by atoms with Crippen LogP contribution in [0.1, 0.15) is 71.3 Å². The first-order valence-electron chi connectivity index (χ1n) is 15.5. The molecule has 4 rings (SSSR count). The number of aromatic nitrogens is 1. The number of piperidine rings is 1. The van der Waals surface area contributed by atoms with Gasteiger partial charge in [-0.3, -0.25) is 24.0 Å². The summed E-state index contributed by atoms with van der Waals surface area (Å²) in [6, 6.07) is 4.27. The number of halogens is 1. The highest BCUT2D eigenvalue weighted by Gasteiger charge is 2.54. The van der Waals surface area contributed by atoms with Crippen LogP contribution in [0.3, 0.4) is 0 Å². The number of ether oxygens (including phenoxy) is 1. The Bertz CT molecular complexity index is 1460. The predicted octanol–water partition coefficient (Wildman–Crippen LogP) is 3.40. The van der Waals surface area contributed by atoms with Crippen LogP contribution in [0, 0.1) is 22.7 Å². The molecule has 0 aliphatic carbocycles. The molecule has 11 nitrogen and oxygen atoms in total. The summed E-state index contributed by atoms with van der Waals surface area (Å²) < 4.78 is 5.42. The van der Waals surface area contributed by atoms with Crippen molar-refractivity contribution in [3.8, 4) is 5.75 Å². The topological polar surface area (TPSA) is 150 Å². The normalized spacial score (nSPS) is 22.8. The average molecular weight is 644 g/mol. The largest absolute Gasteiger partial charge is 0.496 e. The minimum absolute atomic E-state index is 0.0685. The van der Waals surface area contributed by atoms with Gasteiger partial charge in [-0.25, -0.2) is 0 Å². The molecule has 0 radical (unpaired) electrons. The van der Waals surface area contributed by atoms with Crippen molar-refractivity contribution < 1.29 is 28.7 Å². The molecule has 2 fully saturated rings. The van der Waals surface area contributed by atoms with E-state index in [-0.39, 0.29) is 42.1 Å². The number of ketones is 1. The molecular formula is C33H46ClN5O6. The summed E-state index contributed by atoms with van der Waals surface area (Å²) in [5.41, 5.74) is -0.373. The molecule has 2 saturated heterocycles. The standard InChI is InChI=1S/C33H46ClN5O6/c1-18-17-39(27(33(18,5)6)30(43)37-22(24(40)16-34)14-19-10-9-13-35-28(19)41)31(44)26(32(2,3)4)38-29(42)23-15-20-21(36-23)11-8-12-25(20)45-7/h8,11-12,15,18-19,22,26-27,36H,9-10,13-14,16-17H2,1-7H3,(H,35,41)(H,37,43)(H,38,42)/t18-,19?,22?,26-,27-/m1/s1. The average Bonchev–Trinajstić information content (AvgIpc) is 3.53. The van der Waals surface area contributed by atoms with Crippen molar-refractivity contribution in [2.24, 2.45) is 22.7 Å². The number of H-pyrrole nitrogens is 1. The number of benzene rings is 1. The monoisotopic (exact) mass is 643 g/mol. The number of carbonyl (C=O) groups excluding carboxylic acids is 5. The maximum absolute atomic E-state index is 14.4. The molecule has 12 heteroatoms. The predicted molar refractivity (Wildman–Crippen MR) is 172 cm³/mol. The number of Topliss-reactive ketones (excluding diaryl/α,β-unsaturated/α-hetero) is 1. The highest BCUT2D eigenvalue weighted by Crippen LogP contribution is 2.42. The first-order chi connectivity index (χ1) is 21.1. The molecule has 1 aromatic heterocycles. The Morgan fingerprint density at radius 2 is 1.89 bits per heavy atom. The molecule has 4 amide bonds. The van der Waals surface area contributed by atoms with Crippen LogP contribution < -0.4 is 20.7 Å². The van der Waals surface area contributed by atoms with Crippen LogP contribution in [0.2, 0.25) is 0 Å². The van der Waals surface area contributed by atoms with Gasteiger partial charge in [-0.15, -0.1) is 11.6 Å². The van der Waals surface area contributed by atoms with Gasteiger partial charge in [0.25, 0.3) is 5.91 Å². The molecule has 5 atom stereocenters. The zero-order valence-corrected chi connectivity index (χ0v) is 28.0. The minimum Gasteiger partial charge on any atom is -0.496 e. The first-order valence-corrected chi connectivity index (χ1v) is 16.1. The lowest BCUT2D eigenvalue weighted by Gasteiger charge is -2.38. The molecule has 3 heterocycles. The van der Waals surface area contributed by atoms with Gasteiger partial charge in [0, 0.05) is 29.9 Å². The Balaban J connectivity index is 1.60. The number of rotatable bonds is 10. The first kappa shape index (κ1) is 34.3. The van der Waals surface area contributed by atoms with E-state index < -0.39 is 52.6 Å². The van der Waals surface area contributed by atoms with Crippen molar-refractivity contribution in [3.05, 3.63) is 30.0 Å². The van der Waals surface area contributed by atoms with E-state index in [1.807, 2.05) is 53.7 Å². The lowest BCUT2D eigenvalue weighted by Crippen LogP contribution is -2.60. The molecule has 2 unspecified atom stereocenters. The fourth-order valence-electron chi connectivity index (χ4n) is 6.41. The van der Waals surface area contributed by atoms with Gasteiger partial charge < -0.3 is 30.6 Å².